The summed E-state index contributed by atoms with van der Waals surface area (Å²) in [5.74, 6) is -0.183. The van der Waals surface area contributed by atoms with Crippen molar-refractivity contribution in [2.24, 2.45) is 0 Å². The zero-order valence-corrected chi connectivity index (χ0v) is 9.53. The summed E-state index contributed by atoms with van der Waals surface area (Å²) in [4.78, 5) is 11.2. The van der Waals surface area contributed by atoms with Gasteiger partial charge in [0.2, 0.25) is 0 Å². The minimum absolute atomic E-state index is 0.0628. The van der Waals surface area contributed by atoms with Crippen molar-refractivity contribution in [3.05, 3.63) is 0 Å². The molecule has 1 aliphatic heterocycles. The van der Waals surface area contributed by atoms with E-state index in [0.29, 0.717) is 13.0 Å². The molecule has 4 nitrogen and oxygen atoms in total. The summed E-state index contributed by atoms with van der Waals surface area (Å²) in [5.41, 5.74) is 0. The number of esters is 1. The Balaban J connectivity index is 2.16. The van der Waals surface area contributed by atoms with Crippen molar-refractivity contribution >= 4 is 5.97 Å². The van der Waals surface area contributed by atoms with E-state index in [1.807, 2.05) is 13.8 Å². The van der Waals surface area contributed by atoms with Gasteiger partial charge in [-0.05, 0) is 26.7 Å². The third-order valence-electron chi connectivity index (χ3n) is 2.35. The predicted molar refractivity (Wildman–Crippen MR) is 55.6 cm³/mol. The first-order valence-corrected chi connectivity index (χ1v) is 5.61. The molecule has 0 radical (unpaired) electrons. The Labute approximate surface area is 90.9 Å². The van der Waals surface area contributed by atoms with E-state index >= 15 is 0 Å². The Bertz CT molecular complexity index is 187. The highest BCUT2D eigenvalue weighted by molar-refractivity contribution is 5.69. The van der Waals surface area contributed by atoms with E-state index in [0.717, 1.165) is 26.1 Å². The lowest BCUT2D eigenvalue weighted by molar-refractivity contribution is -0.148. The van der Waals surface area contributed by atoms with Crippen molar-refractivity contribution in [1.82, 2.24) is 0 Å². The highest BCUT2D eigenvalue weighted by Crippen LogP contribution is 2.14. The van der Waals surface area contributed by atoms with Crippen LogP contribution in [-0.4, -0.2) is 38.0 Å². The van der Waals surface area contributed by atoms with Crippen LogP contribution in [0.2, 0.25) is 0 Å². The van der Waals surface area contributed by atoms with Gasteiger partial charge in [-0.1, -0.05) is 0 Å². The van der Waals surface area contributed by atoms with Crippen LogP contribution in [0.4, 0.5) is 0 Å². The van der Waals surface area contributed by atoms with Gasteiger partial charge in [-0.15, -0.1) is 0 Å². The summed E-state index contributed by atoms with van der Waals surface area (Å²) in [6.07, 6.45) is 2.36. The van der Waals surface area contributed by atoms with Crippen molar-refractivity contribution in [2.75, 3.05) is 19.8 Å². The van der Waals surface area contributed by atoms with Crippen molar-refractivity contribution in [2.45, 2.75) is 45.3 Å². The second-order valence-electron chi connectivity index (χ2n) is 3.77. The summed E-state index contributed by atoms with van der Waals surface area (Å²) in [6, 6.07) is 0. The molecule has 88 valence electrons. The van der Waals surface area contributed by atoms with Gasteiger partial charge < -0.3 is 14.2 Å². The molecule has 0 bridgehead atoms. The third-order valence-corrected chi connectivity index (χ3v) is 2.35. The summed E-state index contributed by atoms with van der Waals surface area (Å²) in [5, 5.41) is 0. The Morgan fingerprint density at radius 3 is 2.73 bits per heavy atom. The standard InChI is InChI=1S/C11H20O4/c1-3-14-11(12)8-9(2)15-10-4-6-13-7-5-10/h9-10H,3-8H2,1-2H3. The van der Waals surface area contributed by atoms with Gasteiger partial charge in [-0.25, -0.2) is 0 Å². The third kappa shape index (κ3) is 5.14. The van der Waals surface area contributed by atoms with Gasteiger partial charge in [0.15, 0.2) is 0 Å². The van der Waals surface area contributed by atoms with E-state index in [1.165, 1.54) is 0 Å². The molecule has 0 N–H and O–H groups in total. The van der Waals surface area contributed by atoms with Gasteiger partial charge in [0.05, 0.1) is 25.2 Å². The van der Waals surface area contributed by atoms with Crippen LogP contribution >= 0.6 is 0 Å². The molecule has 0 aliphatic carbocycles. The molecular weight excluding hydrogens is 196 g/mol. The first kappa shape index (κ1) is 12.5. The lowest BCUT2D eigenvalue weighted by atomic mass is 10.1. The molecule has 1 unspecified atom stereocenters. The molecule has 0 aromatic heterocycles. The van der Waals surface area contributed by atoms with Crippen molar-refractivity contribution < 1.29 is 19.0 Å². The molecule has 15 heavy (non-hydrogen) atoms. The fourth-order valence-electron chi connectivity index (χ4n) is 1.64. The number of rotatable bonds is 5. The lowest BCUT2D eigenvalue weighted by Gasteiger charge is -2.25. The molecule has 4 heteroatoms. The normalized spacial score (nSPS) is 19.9. The molecule has 1 atom stereocenters. The molecule has 1 fully saturated rings. The van der Waals surface area contributed by atoms with E-state index < -0.39 is 0 Å². The minimum Gasteiger partial charge on any atom is -0.466 e. The van der Waals surface area contributed by atoms with E-state index in [1.54, 1.807) is 0 Å². The predicted octanol–water partition coefficient (Wildman–Crippen LogP) is 1.52. The summed E-state index contributed by atoms with van der Waals surface area (Å²) in [6.45, 7) is 5.67. The number of ether oxygens (including phenoxy) is 3. The number of carbonyl (C=O) groups excluding carboxylic acids is 1. The molecule has 1 aliphatic rings. The molecule has 1 rings (SSSR count). The lowest BCUT2D eigenvalue weighted by Crippen LogP contribution is -2.28. The van der Waals surface area contributed by atoms with E-state index in [9.17, 15) is 4.79 Å². The maximum absolute atomic E-state index is 11.2. The first-order valence-electron chi connectivity index (χ1n) is 5.61. The van der Waals surface area contributed by atoms with Crippen molar-refractivity contribution in [3.63, 3.8) is 0 Å². The largest absolute Gasteiger partial charge is 0.466 e. The van der Waals surface area contributed by atoms with E-state index in [4.69, 9.17) is 14.2 Å². The zero-order valence-electron chi connectivity index (χ0n) is 9.53. The number of hydrogen-bond acceptors (Lipinski definition) is 4. The summed E-state index contributed by atoms with van der Waals surface area (Å²) < 4.78 is 15.8. The monoisotopic (exact) mass is 216 g/mol. The first-order chi connectivity index (χ1) is 7.22. The van der Waals surface area contributed by atoms with Crippen LogP contribution in [0.1, 0.15) is 33.1 Å². The highest BCUT2D eigenvalue weighted by Gasteiger charge is 2.19. The Morgan fingerprint density at radius 1 is 1.47 bits per heavy atom. The van der Waals surface area contributed by atoms with Gasteiger partial charge in [-0.2, -0.15) is 0 Å². The SMILES string of the molecule is CCOC(=O)CC(C)OC1CCOCC1. The molecule has 0 saturated carbocycles. The Kier molecular flexibility index (Phi) is 5.65. The molecular formula is C11H20O4. The summed E-state index contributed by atoms with van der Waals surface area (Å²) >= 11 is 0. The number of hydrogen-bond donors (Lipinski definition) is 0. The number of carbonyl (C=O) groups is 1. The van der Waals surface area contributed by atoms with Gasteiger partial charge in [0.1, 0.15) is 0 Å². The molecule has 0 aromatic rings. The van der Waals surface area contributed by atoms with Crippen LogP contribution in [-0.2, 0) is 19.0 Å². The zero-order chi connectivity index (χ0) is 11.1. The smallest absolute Gasteiger partial charge is 0.308 e. The van der Waals surface area contributed by atoms with Crippen LogP contribution in [0.25, 0.3) is 0 Å². The van der Waals surface area contributed by atoms with Crippen LogP contribution < -0.4 is 0 Å². The Morgan fingerprint density at radius 2 is 2.13 bits per heavy atom. The van der Waals surface area contributed by atoms with E-state index in [2.05, 4.69) is 0 Å². The molecule has 1 heterocycles. The fourth-order valence-corrected chi connectivity index (χ4v) is 1.64. The second-order valence-corrected chi connectivity index (χ2v) is 3.77. The van der Waals surface area contributed by atoms with Gasteiger partial charge in [0, 0.05) is 13.2 Å². The summed E-state index contributed by atoms with van der Waals surface area (Å²) in [7, 11) is 0. The molecule has 0 spiro atoms. The minimum atomic E-state index is -0.183. The van der Waals surface area contributed by atoms with Crippen molar-refractivity contribution in [1.29, 1.82) is 0 Å². The second kappa shape index (κ2) is 6.80. The topological polar surface area (TPSA) is 44.8 Å². The molecule has 0 amide bonds. The Hall–Kier alpha value is -0.610. The van der Waals surface area contributed by atoms with E-state index in [-0.39, 0.29) is 18.2 Å². The van der Waals surface area contributed by atoms with Gasteiger partial charge in [0.25, 0.3) is 0 Å². The van der Waals surface area contributed by atoms with Gasteiger partial charge in [-0.3, -0.25) is 4.79 Å². The van der Waals surface area contributed by atoms with Crippen LogP contribution in [0.5, 0.6) is 0 Å². The van der Waals surface area contributed by atoms with Gasteiger partial charge >= 0.3 is 5.97 Å². The fraction of sp³-hybridized carbons (Fsp3) is 0.909. The highest BCUT2D eigenvalue weighted by atomic mass is 16.5. The van der Waals surface area contributed by atoms with Crippen LogP contribution in [0.15, 0.2) is 0 Å². The van der Waals surface area contributed by atoms with Crippen LogP contribution in [0, 0.1) is 0 Å². The maximum atomic E-state index is 11.2. The molecule has 0 aromatic carbocycles. The maximum Gasteiger partial charge on any atom is 0.308 e. The molecule has 1 saturated heterocycles. The van der Waals surface area contributed by atoms with Crippen LogP contribution in [0.3, 0.4) is 0 Å². The van der Waals surface area contributed by atoms with Crippen molar-refractivity contribution in [3.8, 4) is 0 Å². The average molecular weight is 216 g/mol. The average Bonchev–Trinajstić information content (AvgIpc) is 2.19. The quantitative estimate of drug-likeness (QED) is 0.654.